The Hall–Kier alpha value is -1.02. The van der Waals surface area contributed by atoms with Gasteiger partial charge in [0.1, 0.15) is 0 Å². The molecular formula is C22H38IN5. The third-order valence-corrected chi connectivity index (χ3v) is 6.15. The normalized spacial score (nSPS) is 21.5. The van der Waals surface area contributed by atoms with Crippen molar-refractivity contribution in [3.05, 3.63) is 29.8 Å². The molecule has 0 spiro atoms. The van der Waals surface area contributed by atoms with E-state index in [2.05, 4.69) is 63.5 Å². The molecule has 2 fully saturated rings. The molecule has 1 unspecified atom stereocenters. The summed E-state index contributed by atoms with van der Waals surface area (Å²) in [5.74, 6) is 1.82. The van der Waals surface area contributed by atoms with Crippen molar-refractivity contribution in [3.63, 3.8) is 0 Å². The van der Waals surface area contributed by atoms with E-state index in [1.807, 2.05) is 7.05 Å². The maximum Gasteiger partial charge on any atom is 0.191 e. The van der Waals surface area contributed by atoms with Crippen LogP contribution in [-0.2, 0) is 0 Å². The molecule has 1 aromatic carbocycles. The molecule has 0 aliphatic carbocycles. The van der Waals surface area contributed by atoms with E-state index in [-0.39, 0.29) is 24.0 Å². The summed E-state index contributed by atoms with van der Waals surface area (Å²) in [6.45, 7) is 11.3. The molecule has 158 valence electrons. The van der Waals surface area contributed by atoms with E-state index in [9.17, 15) is 0 Å². The summed E-state index contributed by atoms with van der Waals surface area (Å²) in [4.78, 5) is 9.46. The van der Waals surface area contributed by atoms with Crippen LogP contribution in [0.2, 0.25) is 0 Å². The van der Waals surface area contributed by atoms with Crippen molar-refractivity contribution in [1.82, 2.24) is 15.5 Å². The van der Waals surface area contributed by atoms with Crippen molar-refractivity contribution in [2.75, 3.05) is 51.2 Å². The molecule has 0 radical (unpaired) electrons. The molecular weight excluding hydrogens is 461 g/mol. The summed E-state index contributed by atoms with van der Waals surface area (Å²) in [6, 6.07) is 9.32. The topological polar surface area (TPSA) is 42.9 Å². The summed E-state index contributed by atoms with van der Waals surface area (Å²) in [5.41, 5.74) is 2.64. The Morgan fingerprint density at radius 3 is 2.46 bits per heavy atom. The van der Waals surface area contributed by atoms with E-state index in [1.54, 1.807) is 0 Å². The minimum atomic E-state index is 0. The van der Waals surface area contributed by atoms with Gasteiger partial charge in [-0.25, -0.2) is 0 Å². The van der Waals surface area contributed by atoms with Crippen LogP contribution in [0.15, 0.2) is 29.3 Å². The first-order valence-corrected chi connectivity index (χ1v) is 10.7. The number of likely N-dealkylation sites (tertiary alicyclic amines) is 1. The quantitative estimate of drug-likeness (QED) is 0.358. The van der Waals surface area contributed by atoms with Gasteiger partial charge < -0.3 is 20.4 Å². The van der Waals surface area contributed by atoms with Gasteiger partial charge in [-0.2, -0.15) is 0 Å². The predicted octanol–water partition coefficient (Wildman–Crippen LogP) is 3.48. The monoisotopic (exact) mass is 499 g/mol. The van der Waals surface area contributed by atoms with Gasteiger partial charge >= 0.3 is 0 Å². The summed E-state index contributed by atoms with van der Waals surface area (Å²) in [6.07, 6.45) is 5.09. The molecule has 5 nitrogen and oxygen atoms in total. The number of halogens is 1. The van der Waals surface area contributed by atoms with Crippen LogP contribution in [0.4, 0.5) is 5.69 Å². The molecule has 0 saturated carbocycles. The predicted molar refractivity (Wildman–Crippen MR) is 131 cm³/mol. The lowest BCUT2D eigenvalue weighted by Gasteiger charge is -2.31. The van der Waals surface area contributed by atoms with Gasteiger partial charge in [0.25, 0.3) is 0 Å². The molecule has 3 rings (SSSR count). The molecule has 0 aromatic heterocycles. The average Bonchev–Trinajstić information content (AvgIpc) is 3.17. The highest BCUT2D eigenvalue weighted by molar-refractivity contribution is 14.0. The summed E-state index contributed by atoms with van der Waals surface area (Å²) < 4.78 is 0. The minimum absolute atomic E-state index is 0. The van der Waals surface area contributed by atoms with Gasteiger partial charge in [-0.15, -0.1) is 24.0 Å². The van der Waals surface area contributed by atoms with Crippen LogP contribution < -0.4 is 15.5 Å². The van der Waals surface area contributed by atoms with E-state index in [1.165, 1.54) is 50.1 Å². The Morgan fingerprint density at radius 1 is 1.11 bits per heavy atom. The molecule has 1 aromatic rings. The fourth-order valence-electron chi connectivity index (χ4n) is 4.24. The average molecular weight is 499 g/mol. The largest absolute Gasteiger partial charge is 0.369 e. The molecule has 2 aliphatic rings. The highest BCUT2D eigenvalue weighted by atomic mass is 127. The van der Waals surface area contributed by atoms with Crippen LogP contribution in [0.25, 0.3) is 0 Å². The van der Waals surface area contributed by atoms with Crippen molar-refractivity contribution >= 4 is 35.6 Å². The number of nitrogens with zero attached hydrogens (tertiary/aromatic N) is 3. The molecule has 0 amide bonds. The number of rotatable bonds is 6. The van der Waals surface area contributed by atoms with Crippen LogP contribution in [0.1, 0.15) is 38.2 Å². The number of guanidine groups is 1. The van der Waals surface area contributed by atoms with Crippen LogP contribution in [0.3, 0.4) is 0 Å². The summed E-state index contributed by atoms with van der Waals surface area (Å²) in [7, 11) is 1.88. The number of nitrogens with one attached hydrogen (secondary N) is 2. The first-order chi connectivity index (χ1) is 13.2. The second-order valence-corrected chi connectivity index (χ2v) is 8.08. The molecule has 0 bridgehead atoms. The van der Waals surface area contributed by atoms with Crippen molar-refractivity contribution in [1.29, 1.82) is 0 Å². The molecule has 2 saturated heterocycles. The molecule has 1 atom stereocenters. The molecule has 6 heteroatoms. The fraction of sp³-hybridized carbons (Fsp3) is 0.682. The second kappa shape index (κ2) is 11.9. The van der Waals surface area contributed by atoms with E-state index < -0.39 is 0 Å². The first-order valence-electron chi connectivity index (χ1n) is 10.7. The van der Waals surface area contributed by atoms with Crippen molar-refractivity contribution in [3.8, 4) is 0 Å². The highest BCUT2D eigenvalue weighted by Gasteiger charge is 2.23. The number of hydrogen-bond acceptors (Lipinski definition) is 3. The van der Waals surface area contributed by atoms with Crippen LogP contribution >= 0.6 is 24.0 Å². The lowest BCUT2D eigenvalue weighted by atomic mass is 9.93. The number of benzene rings is 1. The number of aryl methyl sites for hydroxylation is 1. The van der Waals surface area contributed by atoms with Gasteiger partial charge in [0.15, 0.2) is 5.96 Å². The Kier molecular flexibility index (Phi) is 9.85. The fourth-order valence-corrected chi connectivity index (χ4v) is 4.24. The van der Waals surface area contributed by atoms with Crippen molar-refractivity contribution in [2.45, 2.75) is 45.6 Å². The minimum Gasteiger partial charge on any atom is -0.369 e. The third kappa shape index (κ3) is 6.79. The van der Waals surface area contributed by atoms with E-state index in [0.29, 0.717) is 6.04 Å². The Morgan fingerprint density at radius 2 is 1.82 bits per heavy atom. The van der Waals surface area contributed by atoms with Gasteiger partial charge in [0.2, 0.25) is 0 Å². The van der Waals surface area contributed by atoms with Crippen molar-refractivity contribution in [2.24, 2.45) is 10.9 Å². The van der Waals surface area contributed by atoms with Crippen LogP contribution in [0, 0.1) is 12.8 Å². The van der Waals surface area contributed by atoms with Gasteiger partial charge in [0, 0.05) is 38.4 Å². The smallest absolute Gasteiger partial charge is 0.191 e. The number of anilines is 1. The zero-order chi connectivity index (χ0) is 19.1. The maximum atomic E-state index is 4.44. The standard InChI is InChI=1S/C22H37N5.HI/c1-4-26-14-10-19(11-15-26)9-13-24-22(23-3)25-20-12-16-27(17-20)21-7-5-18(2)6-8-21;/h5-8,19-20H,4,9-17H2,1-3H3,(H2,23,24,25);1H. The van der Waals surface area contributed by atoms with Gasteiger partial charge in [0.05, 0.1) is 0 Å². The van der Waals surface area contributed by atoms with E-state index >= 15 is 0 Å². The number of piperidine rings is 1. The van der Waals surface area contributed by atoms with Gasteiger partial charge in [-0.3, -0.25) is 4.99 Å². The van der Waals surface area contributed by atoms with E-state index in [0.717, 1.165) is 37.9 Å². The summed E-state index contributed by atoms with van der Waals surface area (Å²) in [5, 5.41) is 7.16. The SMILES string of the molecule is CCN1CCC(CCNC(=NC)NC2CCN(c3ccc(C)cc3)C2)CC1.I. The lowest BCUT2D eigenvalue weighted by molar-refractivity contribution is 0.187. The van der Waals surface area contributed by atoms with Crippen LogP contribution in [-0.4, -0.2) is 63.2 Å². The first kappa shape index (κ1) is 23.3. The van der Waals surface area contributed by atoms with Gasteiger partial charge in [-0.1, -0.05) is 24.6 Å². The highest BCUT2D eigenvalue weighted by Crippen LogP contribution is 2.21. The summed E-state index contributed by atoms with van der Waals surface area (Å²) >= 11 is 0. The zero-order valence-electron chi connectivity index (χ0n) is 17.8. The van der Waals surface area contributed by atoms with E-state index in [4.69, 9.17) is 0 Å². The third-order valence-electron chi connectivity index (χ3n) is 6.15. The lowest BCUT2D eigenvalue weighted by Crippen LogP contribution is -2.45. The molecule has 2 aliphatic heterocycles. The molecule has 2 N–H and O–H groups in total. The maximum absolute atomic E-state index is 4.44. The van der Waals surface area contributed by atoms with Crippen LogP contribution in [0.5, 0.6) is 0 Å². The zero-order valence-corrected chi connectivity index (χ0v) is 20.1. The second-order valence-electron chi connectivity index (χ2n) is 8.08. The molecule has 2 heterocycles. The van der Waals surface area contributed by atoms with Crippen molar-refractivity contribution < 1.29 is 0 Å². The van der Waals surface area contributed by atoms with Gasteiger partial charge in [-0.05, 0) is 70.3 Å². The number of aliphatic imine (C=N–C) groups is 1. The molecule has 28 heavy (non-hydrogen) atoms. The Balaban J connectivity index is 0.00000280. The Bertz CT molecular complexity index is 595. The number of hydrogen-bond donors (Lipinski definition) is 2. The Labute approximate surface area is 188 Å².